The van der Waals surface area contributed by atoms with E-state index in [1.54, 1.807) is 20.2 Å². The normalized spacial score (nSPS) is 11.9. The van der Waals surface area contributed by atoms with Crippen molar-refractivity contribution in [2.45, 2.75) is 13.0 Å². The van der Waals surface area contributed by atoms with Crippen LogP contribution in [0.2, 0.25) is 5.02 Å². The highest BCUT2D eigenvalue weighted by molar-refractivity contribution is 6.32. The number of hydrogen-bond acceptors (Lipinski definition) is 3. The van der Waals surface area contributed by atoms with Crippen LogP contribution >= 0.6 is 11.6 Å². The van der Waals surface area contributed by atoms with E-state index in [2.05, 4.69) is 11.4 Å². The molecule has 80 valence electrons. The van der Waals surface area contributed by atoms with Gasteiger partial charge in [0.15, 0.2) is 0 Å². The molecule has 0 saturated heterocycles. The molecule has 0 saturated carbocycles. The Labute approximate surface area is 94.6 Å². The maximum absolute atomic E-state index is 8.93. The number of hydrogen-bond donors (Lipinski definition) is 1. The molecule has 0 heterocycles. The van der Waals surface area contributed by atoms with Crippen molar-refractivity contribution in [2.75, 3.05) is 14.2 Å². The van der Waals surface area contributed by atoms with E-state index in [9.17, 15) is 0 Å². The lowest BCUT2D eigenvalue weighted by atomic mass is 10.0. The second kappa shape index (κ2) is 5.01. The molecule has 0 aromatic heterocycles. The van der Waals surface area contributed by atoms with Gasteiger partial charge in [-0.2, -0.15) is 5.26 Å². The largest absolute Gasteiger partial charge is 0.495 e. The Morgan fingerprint density at radius 1 is 1.53 bits per heavy atom. The number of rotatable bonds is 3. The van der Waals surface area contributed by atoms with Crippen molar-refractivity contribution in [2.24, 2.45) is 0 Å². The van der Waals surface area contributed by atoms with Gasteiger partial charge >= 0.3 is 0 Å². The second-order valence-corrected chi connectivity index (χ2v) is 3.60. The van der Waals surface area contributed by atoms with Crippen molar-refractivity contribution in [1.82, 2.24) is 5.32 Å². The molecule has 0 spiro atoms. The maximum Gasteiger partial charge on any atom is 0.137 e. The molecule has 3 nitrogen and oxygen atoms in total. The number of aryl methyl sites for hydroxylation is 1. The number of halogens is 1. The van der Waals surface area contributed by atoms with Crippen molar-refractivity contribution in [3.05, 3.63) is 28.3 Å². The molecule has 1 unspecified atom stereocenters. The predicted octanol–water partition coefficient (Wildman–Crippen LogP) is 2.44. The molecular formula is C11H13ClN2O. The van der Waals surface area contributed by atoms with Gasteiger partial charge in [0.2, 0.25) is 0 Å². The smallest absolute Gasteiger partial charge is 0.137 e. The number of ether oxygens (including phenoxy) is 1. The van der Waals surface area contributed by atoms with Crippen LogP contribution in [0.3, 0.4) is 0 Å². The zero-order valence-electron chi connectivity index (χ0n) is 8.97. The molecule has 0 aliphatic rings. The first-order chi connectivity index (χ1) is 7.13. The predicted molar refractivity (Wildman–Crippen MR) is 60.2 cm³/mol. The van der Waals surface area contributed by atoms with Crippen LogP contribution in [0.5, 0.6) is 5.75 Å². The summed E-state index contributed by atoms with van der Waals surface area (Å²) >= 11 is 6.00. The summed E-state index contributed by atoms with van der Waals surface area (Å²) in [6.45, 7) is 1.93. The third kappa shape index (κ3) is 2.41. The van der Waals surface area contributed by atoms with Crippen LogP contribution in [-0.2, 0) is 0 Å². The number of nitriles is 1. The highest BCUT2D eigenvalue weighted by Gasteiger charge is 2.13. The van der Waals surface area contributed by atoms with Crippen molar-refractivity contribution < 1.29 is 4.74 Å². The summed E-state index contributed by atoms with van der Waals surface area (Å²) < 4.78 is 5.09. The van der Waals surface area contributed by atoms with Gasteiger partial charge in [-0.05, 0) is 37.2 Å². The molecule has 1 atom stereocenters. The molecule has 0 amide bonds. The average molecular weight is 225 g/mol. The van der Waals surface area contributed by atoms with E-state index in [1.807, 2.05) is 13.0 Å². The number of methoxy groups -OCH3 is 1. The Balaban J connectivity index is 3.22. The first kappa shape index (κ1) is 11.8. The van der Waals surface area contributed by atoms with Gasteiger partial charge in [0.1, 0.15) is 11.8 Å². The Bertz CT molecular complexity index is 398. The number of nitrogens with one attached hydrogen (secondary N) is 1. The zero-order valence-corrected chi connectivity index (χ0v) is 9.72. The van der Waals surface area contributed by atoms with Crippen LogP contribution in [0, 0.1) is 18.3 Å². The Morgan fingerprint density at radius 2 is 2.20 bits per heavy atom. The fourth-order valence-electron chi connectivity index (χ4n) is 1.43. The minimum atomic E-state index is -0.339. The third-order valence-electron chi connectivity index (χ3n) is 2.27. The lowest BCUT2D eigenvalue weighted by molar-refractivity contribution is 0.414. The molecule has 1 aromatic rings. The minimum Gasteiger partial charge on any atom is -0.495 e. The average Bonchev–Trinajstić information content (AvgIpc) is 2.24. The Hall–Kier alpha value is -1.24. The molecule has 1 rings (SSSR count). The van der Waals surface area contributed by atoms with Gasteiger partial charge in [0.25, 0.3) is 0 Å². The third-order valence-corrected chi connectivity index (χ3v) is 2.56. The standard InChI is InChI=1S/C11H13ClN2O/c1-7-4-11(15-3)9(12)5-8(7)10(6-13)14-2/h4-5,10,14H,1-3H3. The molecule has 0 aliphatic carbocycles. The van der Waals surface area contributed by atoms with E-state index in [-0.39, 0.29) is 6.04 Å². The van der Waals surface area contributed by atoms with Gasteiger partial charge in [0, 0.05) is 0 Å². The van der Waals surface area contributed by atoms with E-state index in [4.69, 9.17) is 21.6 Å². The lowest BCUT2D eigenvalue weighted by Gasteiger charge is -2.13. The van der Waals surface area contributed by atoms with Gasteiger partial charge in [-0.25, -0.2) is 0 Å². The molecule has 1 N–H and O–H groups in total. The van der Waals surface area contributed by atoms with Crippen LogP contribution in [-0.4, -0.2) is 14.2 Å². The first-order valence-electron chi connectivity index (χ1n) is 4.55. The quantitative estimate of drug-likeness (QED) is 0.858. The topological polar surface area (TPSA) is 45.0 Å². The zero-order chi connectivity index (χ0) is 11.4. The van der Waals surface area contributed by atoms with Crippen LogP contribution in [0.15, 0.2) is 12.1 Å². The summed E-state index contributed by atoms with van der Waals surface area (Å²) in [6, 6.07) is 5.42. The molecule has 0 radical (unpaired) electrons. The highest BCUT2D eigenvalue weighted by Crippen LogP contribution is 2.30. The summed E-state index contributed by atoms with van der Waals surface area (Å²) in [5.74, 6) is 0.630. The Kier molecular flexibility index (Phi) is 3.96. The van der Waals surface area contributed by atoms with Crippen LogP contribution in [0.25, 0.3) is 0 Å². The minimum absolute atomic E-state index is 0.339. The van der Waals surface area contributed by atoms with Gasteiger partial charge in [-0.15, -0.1) is 0 Å². The van der Waals surface area contributed by atoms with Crippen LogP contribution in [0.1, 0.15) is 17.2 Å². The molecule has 0 aliphatic heterocycles. The van der Waals surface area contributed by atoms with E-state index in [0.29, 0.717) is 10.8 Å². The van der Waals surface area contributed by atoms with Crippen molar-refractivity contribution in [3.8, 4) is 11.8 Å². The molecule has 4 heteroatoms. The van der Waals surface area contributed by atoms with E-state index in [1.165, 1.54) is 0 Å². The number of nitrogens with zero attached hydrogens (tertiary/aromatic N) is 1. The van der Waals surface area contributed by atoms with Gasteiger partial charge in [-0.1, -0.05) is 11.6 Å². The van der Waals surface area contributed by atoms with Gasteiger partial charge in [-0.3, -0.25) is 0 Å². The van der Waals surface area contributed by atoms with Gasteiger partial charge in [0.05, 0.1) is 18.2 Å². The highest BCUT2D eigenvalue weighted by atomic mass is 35.5. The van der Waals surface area contributed by atoms with E-state index >= 15 is 0 Å². The van der Waals surface area contributed by atoms with Gasteiger partial charge < -0.3 is 10.1 Å². The van der Waals surface area contributed by atoms with E-state index < -0.39 is 0 Å². The molecule has 0 fully saturated rings. The first-order valence-corrected chi connectivity index (χ1v) is 4.92. The molecular weight excluding hydrogens is 212 g/mol. The van der Waals surface area contributed by atoms with Crippen LogP contribution in [0.4, 0.5) is 0 Å². The summed E-state index contributed by atoms with van der Waals surface area (Å²) in [7, 11) is 3.31. The molecule has 0 bridgehead atoms. The second-order valence-electron chi connectivity index (χ2n) is 3.19. The Morgan fingerprint density at radius 3 is 2.67 bits per heavy atom. The monoisotopic (exact) mass is 224 g/mol. The van der Waals surface area contributed by atoms with Crippen molar-refractivity contribution in [3.63, 3.8) is 0 Å². The SMILES string of the molecule is CNC(C#N)c1cc(Cl)c(OC)cc1C. The van der Waals surface area contributed by atoms with E-state index in [0.717, 1.165) is 11.1 Å². The molecule has 15 heavy (non-hydrogen) atoms. The fourth-order valence-corrected chi connectivity index (χ4v) is 1.68. The lowest BCUT2D eigenvalue weighted by Crippen LogP contribution is -2.15. The fraction of sp³-hybridized carbons (Fsp3) is 0.364. The van der Waals surface area contributed by atoms with Crippen molar-refractivity contribution >= 4 is 11.6 Å². The summed E-state index contributed by atoms with van der Waals surface area (Å²) in [5.41, 5.74) is 1.86. The maximum atomic E-state index is 8.93. The summed E-state index contributed by atoms with van der Waals surface area (Å²) in [5, 5.41) is 12.4. The number of benzene rings is 1. The molecule has 1 aromatic carbocycles. The summed E-state index contributed by atoms with van der Waals surface area (Å²) in [6.07, 6.45) is 0. The van der Waals surface area contributed by atoms with Crippen LogP contribution < -0.4 is 10.1 Å². The van der Waals surface area contributed by atoms with Crippen molar-refractivity contribution in [1.29, 1.82) is 5.26 Å². The summed E-state index contributed by atoms with van der Waals surface area (Å²) in [4.78, 5) is 0.